The summed E-state index contributed by atoms with van der Waals surface area (Å²) in [5.74, 6) is -0.505. The Morgan fingerprint density at radius 3 is 2.48 bits per heavy atom. The van der Waals surface area contributed by atoms with E-state index < -0.39 is 5.97 Å². The topological polar surface area (TPSA) is 80.6 Å². The van der Waals surface area contributed by atoms with E-state index in [-0.39, 0.29) is 11.6 Å². The minimum absolute atomic E-state index is 0.00468. The van der Waals surface area contributed by atoms with E-state index in [1.807, 2.05) is 4.90 Å². The van der Waals surface area contributed by atoms with E-state index >= 15 is 0 Å². The van der Waals surface area contributed by atoms with Gasteiger partial charge in [0.1, 0.15) is 0 Å². The average Bonchev–Trinajstić information content (AvgIpc) is 3.10. The lowest BCUT2D eigenvalue weighted by Gasteiger charge is -2.34. The van der Waals surface area contributed by atoms with Gasteiger partial charge in [0.25, 0.3) is 5.91 Å². The molecule has 0 spiro atoms. The zero-order valence-electron chi connectivity index (χ0n) is 13.8. The number of hydrogen-bond donors (Lipinski definition) is 0. The normalized spacial score (nSPS) is 15.2. The number of methoxy groups -OCH3 is 1. The van der Waals surface area contributed by atoms with Crippen molar-refractivity contribution in [3.8, 4) is 0 Å². The molecule has 25 heavy (non-hydrogen) atoms. The number of esters is 1. The van der Waals surface area contributed by atoms with Crippen LogP contribution in [-0.4, -0.2) is 70.0 Å². The van der Waals surface area contributed by atoms with Crippen LogP contribution in [0.4, 0.5) is 0 Å². The molecule has 1 saturated heterocycles. The van der Waals surface area contributed by atoms with Gasteiger partial charge in [0.15, 0.2) is 5.69 Å². The van der Waals surface area contributed by atoms with E-state index in [1.165, 1.54) is 7.11 Å². The van der Waals surface area contributed by atoms with Crippen molar-refractivity contribution in [3.63, 3.8) is 0 Å². The van der Waals surface area contributed by atoms with Crippen molar-refractivity contribution in [2.75, 3.05) is 33.3 Å². The van der Waals surface area contributed by atoms with E-state index in [9.17, 15) is 9.59 Å². The van der Waals surface area contributed by atoms with Gasteiger partial charge in [0, 0.05) is 36.8 Å². The summed E-state index contributed by atoms with van der Waals surface area (Å²) >= 11 is 5.85. The number of rotatable bonds is 4. The summed E-state index contributed by atoms with van der Waals surface area (Å²) in [4.78, 5) is 27.8. The van der Waals surface area contributed by atoms with Crippen molar-refractivity contribution in [1.29, 1.82) is 0 Å². The second-order valence-corrected chi connectivity index (χ2v) is 6.13. The molecule has 0 aliphatic carbocycles. The van der Waals surface area contributed by atoms with E-state index in [0.717, 1.165) is 0 Å². The van der Waals surface area contributed by atoms with Crippen LogP contribution in [0.3, 0.4) is 0 Å². The first-order chi connectivity index (χ1) is 12.1. The third-order valence-electron chi connectivity index (χ3n) is 4.03. The SMILES string of the molecule is COC(=O)c1cn(CN2CCN(C(=O)c3ccc(Cl)cc3)CC2)nn1. The molecule has 3 rings (SSSR count). The molecule has 8 nitrogen and oxygen atoms in total. The molecular weight excluding hydrogens is 346 g/mol. The maximum atomic E-state index is 12.5. The quantitative estimate of drug-likeness (QED) is 0.758. The molecule has 1 fully saturated rings. The zero-order chi connectivity index (χ0) is 17.8. The maximum Gasteiger partial charge on any atom is 0.360 e. The van der Waals surface area contributed by atoms with Crippen LogP contribution in [0.2, 0.25) is 5.02 Å². The molecule has 0 saturated carbocycles. The molecule has 1 aliphatic heterocycles. The van der Waals surface area contributed by atoms with Gasteiger partial charge in [-0.2, -0.15) is 0 Å². The number of amides is 1. The molecule has 1 aromatic heterocycles. The molecule has 2 heterocycles. The number of aromatic nitrogens is 3. The van der Waals surface area contributed by atoms with Crippen LogP contribution in [0.15, 0.2) is 30.5 Å². The Hall–Kier alpha value is -2.45. The lowest BCUT2D eigenvalue weighted by atomic mass is 10.2. The van der Waals surface area contributed by atoms with Gasteiger partial charge in [-0.25, -0.2) is 9.48 Å². The minimum Gasteiger partial charge on any atom is -0.464 e. The lowest BCUT2D eigenvalue weighted by molar-refractivity contribution is 0.0577. The molecule has 0 N–H and O–H groups in total. The van der Waals surface area contributed by atoms with Gasteiger partial charge in [-0.15, -0.1) is 5.10 Å². The number of piperazine rings is 1. The van der Waals surface area contributed by atoms with Crippen molar-refractivity contribution >= 4 is 23.5 Å². The number of halogens is 1. The summed E-state index contributed by atoms with van der Waals surface area (Å²) in [6.45, 7) is 3.19. The number of benzene rings is 1. The fraction of sp³-hybridized carbons (Fsp3) is 0.375. The first-order valence-corrected chi connectivity index (χ1v) is 8.20. The van der Waals surface area contributed by atoms with Crippen LogP contribution in [-0.2, 0) is 11.4 Å². The molecule has 2 aromatic rings. The second kappa shape index (κ2) is 7.62. The van der Waals surface area contributed by atoms with Gasteiger partial charge in [-0.1, -0.05) is 16.8 Å². The molecule has 0 unspecified atom stereocenters. The van der Waals surface area contributed by atoms with Gasteiger partial charge in [-0.3, -0.25) is 9.69 Å². The smallest absolute Gasteiger partial charge is 0.360 e. The van der Waals surface area contributed by atoms with Gasteiger partial charge in [-0.05, 0) is 24.3 Å². The number of hydrogen-bond acceptors (Lipinski definition) is 6. The summed E-state index contributed by atoms with van der Waals surface area (Å²) in [6, 6.07) is 6.91. The van der Waals surface area contributed by atoms with Crippen LogP contribution in [0, 0.1) is 0 Å². The Morgan fingerprint density at radius 1 is 1.16 bits per heavy atom. The fourth-order valence-electron chi connectivity index (χ4n) is 2.64. The van der Waals surface area contributed by atoms with Gasteiger partial charge < -0.3 is 9.64 Å². The second-order valence-electron chi connectivity index (χ2n) is 5.69. The lowest BCUT2D eigenvalue weighted by Crippen LogP contribution is -2.49. The highest BCUT2D eigenvalue weighted by molar-refractivity contribution is 6.30. The summed E-state index contributed by atoms with van der Waals surface area (Å²) in [7, 11) is 1.30. The summed E-state index contributed by atoms with van der Waals surface area (Å²) in [5, 5.41) is 8.31. The molecule has 9 heteroatoms. The molecule has 1 aliphatic rings. The van der Waals surface area contributed by atoms with Gasteiger partial charge in [0.2, 0.25) is 0 Å². The van der Waals surface area contributed by atoms with Gasteiger partial charge in [0.05, 0.1) is 20.0 Å². The summed E-state index contributed by atoms with van der Waals surface area (Å²) in [5.41, 5.74) is 0.816. The van der Waals surface area contributed by atoms with Crippen LogP contribution >= 0.6 is 11.6 Å². The van der Waals surface area contributed by atoms with Crippen molar-refractivity contribution < 1.29 is 14.3 Å². The predicted octanol–water partition coefficient (Wildman–Crippen LogP) is 1.13. The Bertz CT molecular complexity index is 753. The first-order valence-electron chi connectivity index (χ1n) is 7.82. The van der Waals surface area contributed by atoms with Crippen molar-refractivity contribution in [3.05, 3.63) is 46.7 Å². The van der Waals surface area contributed by atoms with E-state index in [2.05, 4.69) is 19.9 Å². The van der Waals surface area contributed by atoms with Crippen molar-refractivity contribution in [2.24, 2.45) is 0 Å². The molecule has 0 atom stereocenters. The van der Waals surface area contributed by atoms with E-state index in [0.29, 0.717) is 43.4 Å². The Balaban J connectivity index is 1.53. The third-order valence-corrected chi connectivity index (χ3v) is 4.28. The number of carbonyl (C=O) groups excluding carboxylic acids is 2. The minimum atomic E-state index is -0.510. The van der Waals surface area contributed by atoms with E-state index in [1.54, 1.807) is 35.1 Å². The number of carbonyl (C=O) groups is 2. The van der Waals surface area contributed by atoms with Crippen LogP contribution in [0.1, 0.15) is 20.8 Å². The molecule has 1 aromatic carbocycles. The van der Waals surface area contributed by atoms with Crippen molar-refractivity contribution in [1.82, 2.24) is 24.8 Å². The highest BCUT2D eigenvalue weighted by atomic mass is 35.5. The van der Waals surface area contributed by atoms with Crippen LogP contribution < -0.4 is 0 Å². The standard InChI is InChI=1S/C16H18ClN5O3/c1-25-16(24)14-10-22(19-18-14)11-20-6-8-21(9-7-20)15(23)12-2-4-13(17)5-3-12/h2-5,10H,6-9,11H2,1H3. The maximum absolute atomic E-state index is 12.5. The highest BCUT2D eigenvalue weighted by Crippen LogP contribution is 2.13. The summed E-state index contributed by atoms with van der Waals surface area (Å²) in [6.07, 6.45) is 1.55. The molecule has 1 amide bonds. The Morgan fingerprint density at radius 2 is 1.84 bits per heavy atom. The average molecular weight is 364 g/mol. The van der Waals surface area contributed by atoms with Crippen LogP contribution in [0.5, 0.6) is 0 Å². The van der Waals surface area contributed by atoms with Crippen LogP contribution in [0.25, 0.3) is 0 Å². The van der Waals surface area contributed by atoms with Gasteiger partial charge >= 0.3 is 5.97 Å². The molecule has 0 bridgehead atoms. The number of nitrogens with zero attached hydrogens (tertiary/aromatic N) is 5. The third kappa shape index (κ3) is 4.15. The largest absolute Gasteiger partial charge is 0.464 e. The summed E-state index contributed by atoms with van der Waals surface area (Å²) < 4.78 is 6.19. The fourth-order valence-corrected chi connectivity index (χ4v) is 2.76. The molecule has 132 valence electrons. The van der Waals surface area contributed by atoms with E-state index in [4.69, 9.17) is 11.6 Å². The Labute approximate surface area is 149 Å². The zero-order valence-corrected chi connectivity index (χ0v) is 14.5. The molecule has 0 radical (unpaired) electrons. The molecular formula is C16H18ClN5O3. The number of ether oxygens (including phenoxy) is 1. The predicted molar refractivity (Wildman–Crippen MR) is 90.3 cm³/mol. The monoisotopic (exact) mass is 363 g/mol. The highest BCUT2D eigenvalue weighted by Gasteiger charge is 2.22. The first kappa shape index (κ1) is 17.4. The Kier molecular flexibility index (Phi) is 5.30. The van der Waals surface area contributed by atoms with Crippen molar-refractivity contribution in [2.45, 2.75) is 6.67 Å².